The first-order chi connectivity index (χ1) is 10.5. The van der Waals surface area contributed by atoms with E-state index in [2.05, 4.69) is 15.2 Å². The minimum atomic E-state index is -1.03. The fourth-order valence-corrected chi connectivity index (χ4v) is 2.19. The smallest absolute Gasteiger partial charge is 0.335 e. The molecule has 0 saturated heterocycles. The molecule has 6 nitrogen and oxygen atoms in total. The van der Waals surface area contributed by atoms with Gasteiger partial charge in [-0.05, 0) is 37.3 Å². The number of hydrogen-bond donors (Lipinski definition) is 3. The van der Waals surface area contributed by atoms with Gasteiger partial charge in [-0.15, -0.1) is 5.11 Å². The maximum Gasteiger partial charge on any atom is 0.335 e. The molecule has 0 fully saturated rings. The molecule has 0 aliphatic heterocycles. The van der Waals surface area contributed by atoms with E-state index in [9.17, 15) is 9.90 Å². The summed E-state index contributed by atoms with van der Waals surface area (Å²) in [6.45, 7) is 1.95. The number of carboxylic acid groups (broad SMARTS) is 1. The molecular formula is C16H13N3O3. The topological polar surface area (TPSA) is 98.0 Å². The van der Waals surface area contributed by atoms with E-state index in [1.807, 2.05) is 25.1 Å². The minimum absolute atomic E-state index is 0.0706. The van der Waals surface area contributed by atoms with Gasteiger partial charge in [0.1, 0.15) is 0 Å². The Morgan fingerprint density at radius 2 is 1.95 bits per heavy atom. The number of aromatic carboxylic acids is 1. The van der Waals surface area contributed by atoms with Crippen molar-refractivity contribution in [3.63, 3.8) is 0 Å². The van der Waals surface area contributed by atoms with Crippen LogP contribution in [0.1, 0.15) is 15.9 Å². The number of carbonyl (C=O) groups is 1. The van der Waals surface area contributed by atoms with Gasteiger partial charge in [0.2, 0.25) is 5.88 Å². The molecule has 1 aromatic heterocycles. The third-order valence-corrected chi connectivity index (χ3v) is 3.27. The molecule has 3 N–H and O–H groups in total. The second-order valence-corrected chi connectivity index (χ2v) is 4.93. The van der Waals surface area contributed by atoms with E-state index in [0.29, 0.717) is 11.4 Å². The van der Waals surface area contributed by atoms with Crippen molar-refractivity contribution in [2.45, 2.75) is 6.92 Å². The summed E-state index contributed by atoms with van der Waals surface area (Å²) < 4.78 is 0. The Morgan fingerprint density at radius 1 is 1.14 bits per heavy atom. The molecule has 3 rings (SSSR count). The number of azo groups is 1. The van der Waals surface area contributed by atoms with Crippen LogP contribution in [0.3, 0.4) is 0 Å². The third-order valence-electron chi connectivity index (χ3n) is 3.27. The van der Waals surface area contributed by atoms with E-state index in [0.717, 1.165) is 16.5 Å². The predicted octanol–water partition coefficient (Wildman–Crippen LogP) is 4.30. The van der Waals surface area contributed by atoms with Gasteiger partial charge in [-0.2, -0.15) is 5.11 Å². The monoisotopic (exact) mass is 295 g/mol. The van der Waals surface area contributed by atoms with Crippen molar-refractivity contribution < 1.29 is 15.0 Å². The molecule has 6 heteroatoms. The quantitative estimate of drug-likeness (QED) is 0.628. The summed E-state index contributed by atoms with van der Waals surface area (Å²) in [5.74, 6) is -1.10. The molecule has 22 heavy (non-hydrogen) atoms. The van der Waals surface area contributed by atoms with Crippen LogP contribution in [-0.4, -0.2) is 21.2 Å². The van der Waals surface area contributed by atoms with Gasteiger partial charge in [-0.3, -0.25) is 0 Å². The van der Waals surface area contributed by atoms with Crippen LogP contribution in [0.5, 0.6) is 5.88 Å². The number of aromatic hydroxyl groups is 1. The molecule has 1 heterocycles. The number of nitrogens with zero attached hydrogens (tertiary/aromatic N) is 2. The normalized spacial score (nSPS) is 11.3. The SMILES string of the molecule is Cc1ccc2[nH]c(O)c(N=Nc3cccc(C(=O)O)c3)c2c1. The number of H-pyrrole nitrogens is 1. The van der Waals surface area contributed by atoms with Crippen LogP contribution < -0.4 is 0 Å². The van der Waals surface area contributed by atoms with Crippen LogP contribution in [0.4, 0.5) is 11.4 Å². The maximum atomic E-state index is 10.9. The van der Waals surface area contributed by atoms with E-state index in [1.54, 1.807) is 12.1 Å². The average Bonchev–Trinajstić information content (AvgIpc) is 2.80. The molecule has 0 spiro atoms. The highest BCUT2D eigenvalue weighted by Crippen LogP contribution is 2.36. The number of rotatable bonds is 3. The number of nitrogens with one attached hydrogen (secondary N) is 1. The Hall–Kier alpha value is -3.15. The number of benzene rings is 2. The fraction of sp³-hybridized carbons (Fsp3) is 0.0625. The number of aromatic nitrogens is 1. The maximum absolute atomic E-state index is 10.9. The largest absolute Gasteiger partial charge is 0.493 e. The van der Waals surface area contributed by atoms with E-state index in [1.165, 1.54) is 12.1 Å². The predicted molar refractivity (Wildman–Crippen MR) is 82.3 cm³/mol. The Balaban J connectivity index is 2.02. The molecule has 2 aromatic carbocycles. The van der Waals surface area contributed by atoms with Crippen LogP contribution in [0.15, 0.2) is 52.7 Å². The highest BCUT2D eigenvalue weighted by atomic mass is 16.4. The van der Waals surface area contributed by atoms with Gasteiger partial charge in [0.25, 0.3) is 0 Å². The summed E-state index contributed by atoms with van der Waals surface area (Å²) in [6.07, 6.45) is 0. The summed E-state index contributed by atoms with van der Waals surface area (Å²) in [5, 5.41) is 27.7. The van der Waals surface area contributed by atoms with Crippen molar-refractivity contribution in [3.05, 3.63) is 53.6 Å². The lowest BCUT2D eigenvalue weighted by molar-refractivity contribution is 0.0697. The number of carboxylic acids is 1. The molecule has 110 valence electrons. The van der Waals surface area contributed by atoms with Crippen LogP contribution >= 0.6 is 0 Å². The average molecular weight is 295 g/mol. The van der Waals surface area contributed by atoms with Gasteiger partial charge >= 0.3 is 5.97 Å². The first-order valence-corrected chi connectivity index (χ1v) is 6.61. The van der Waals surface area contributed by atoms with Crippen LogP contribution in [0.2, 0.25) is 0 Å². The Labute approximate surface area is 125 Å². The summed E-state index contributed by atoms with van der Waals surface area (Å²) >= 11 is 0. The minimum Gasteiger partial charge on any atom is -0.493 e. The van der Waals surface area contributed by atoms with Gasteiger partial charge in [0, 0.05) is 5.39 Å². The lowest BCUT2D eigenvalue weighted by Gasteiger charge is -1.96. The lowest BCUT2D eigenvalue weighted by Crippen LogP contribution is -1.94. The molecule has 0 atom stereocenters. The standard InChI is InChI=1S/C16H13N3O3/c1-9-5-6-13-12(7-9)14(15(20)17-13)19-18-11-4-2-3-10(8-11)16(21)22/h2-8,17,20H,1H3,(H,21,22). The molecule has 0 unspecified atom stereocenters. The molecule has 0 aliphatic rings. The zero-order valence-corrected chi connectivity index (χ0v) is 11.7. The molecule has 0 bridgehead atoms. The van der Waals surface area contributed by atoms with E-state index in [-0.39, 0.29) is 11.4 Å². The van der Waals surface area contributed by atoms with Crippen LogP contribution in [0.25, 0.3) is 10.9 Å². The summed E-state index contributed by atoms with van der Waals surface area (Å²) in [4.78, 5) is 13.8. The zero-order valence-electron chi connectivity index (χ0n) is 11.7. The van der Waals surface area contributed by atoms with Crippen LogP contribution in [-0.2, 0) is 0 Å². The number of fused-ring (bicyclic) bond motifs is 1. The van der Waals surface area contributed by atoms with Gasteiger partial charge in [0.05, 0.1) is 16.8 Å². The second-order valence-electron chi connectivity index (χ2n) is 4.93. The summed E-state index contributed by atoms with van der Waals surface area (Å²) in [6, 6.07) is 11.8. The van der Waals surface area contributed by atoms with Gasteiger partial charge < -0.3 is 15.2 Å². The third kappa shape index (κ3) is 2.54. The zero-order chi connectivity index (χ0) is 15.7. The van der Waals surface area contributed by atoms with Crippen LogP contribution in [0, 0.1) is 6.92 Å². The number of hydrogen-bond acceptors (Lipinski definition) is 4. The highest BCUT2D eigenvalue weighted by Gasteiger charge is 2.10. The van der Waals surface area contributed by atoms with Crippen molar-refractivity contribution in [2.75, 3.05) is 0 Å². The second kappa shape index (κ2) is 5.33. The Kier molecular flexibility index (Phi) is 3.34. The molecule has 0 radical (unpaired) electrons. The van der Waals surface area contributed by atoms with E-state index >= 15 is 0 Å². The van der Waals surface area contributed by atoms with Crippen molar-refractivity contribution in [1.29, 1.82) is 0 Å². The fourth-order valence-electron chi connectivity index (χ4n) is 2.19. The first-order valence-electron chi connectivity index (χ1n) is 6.61. The van der Waals surface area contributed by atoms with E-state index < -0.39 is 5.97 Å². The molecule has 0 aliphatic carbocycles. The lowest BCUT2D eigenvalue weighted by atomic mass is 10.1. The Bertz CT molecular complexity index is 897. The van der Waals surface area contributed by atoms with Gasteiger partial charge in [-0.25, -0.2) is 4.79 Å². The molecule has 0 saturated carbocycles. The summed E-state index contributed by atoms with van der Waals surface area (Å²) in [7, 11) is 0. The first kappa shape index (κ1) is 13.8. The molecule has 3 aromatic rings. The van der Waals surface area contributed by atoms with E-state index in [4.69, 9.17) is 5.11 Å². The summed E-state index contributed by atoms with van der Waals surface area (Å²) in [5.41, 5.74) is 2.67. The molecular weight excluding hydrogens is 282 g/mol. The Morgan fingerprint density at radius 3 is 2.73 bits per heavy atom. The molecule has 0 amide bonds. The van der Waals surface area contributed by atoms with Gasteiger partial charge in [0.15, 0.2) is 5.69 Å². The van der Waals surface area contributed by atoms with Crippen molar-refractivity contribution >= 4 is 28.2 Å². The van der Waals surface area contributed by atoms with Gasteiger partial charge in [-0.1, -0.05) is 17.7 Å². The van der Waals surface area contributed by atoms with Crippen molar-refractivity contribution in [1.82, 2.24) is 4.98 Å². The number of aromatic amines is 1. The number of aryl methyl sites for hydroxylation is 1. The highest BCUT2D eigenvalue weighted by molar-refractivity contribution is 5.94. The van der Waals surface area contributed by atoms with Crippen molar-refractivity contribution in [2.24, 2.45) is 10.2 Å². The van der Waals surface area contributed by atoms with Crippen molar-refractivity contribution in [3.8, 4) is 5.88 Å².